The second-order valence-corrected chi connectivity index (χ2v) is 6.21. The molecule has 1 amide bonds. The molecule has 3 aromatic rings. The van der Waals surface area contributed by atoms with Gasteiger partial charge in [0.05, 0.1) is 17.9 Å². The molecule has 0 bridgehead atoms. The number of rotatable bonds is 6. The minimum atomic E-state index is -1.08. The van der Waals surface area contributed by atoms with Crippen LogP contribution in [0.2, 0.25) is 0 Å². The van der Waals surface area contributed by atoms with Gasteiger partial charge in [-0.15, -0.1) is 0 Å². The number of nitrogens with one attached hydrogen (secondary N) is 2. The molecular weight excluding hydrogens is 394 g/mol. The lowest BCUT2D eigenvalue weighted by molar-refractivity contribution is 0.0519. The van der Waals surface area contributed by atoms with Crippen LogP contribution in [-0.4, -0.2) is 27.8 Å². The Hall–Kier alpha value is -3.34. The largest absolute Gasteiger partial charge is 0.461 e. The first-order valence-corrected chi connectivity index (χ1v) is 8.78. The number of hydrogen-bond acceptors (Lipinski definition) is 8. The van der Waals surface area contributed by atoms with E-state index < -0.39 is 23.5 Å². The fourth-order valence-corrected chi connectivity index (χ4v) is 3.00. The second kappa shape index (κ2) is 8.13. The van der Waals surface area contributed by atoms with Crippen LogP contribution < -0.4 is 10.6 Å². The molecule has 0 aliphatic heterocycles. The van der Waals surface area contributed by atoms with Crippen LogP contribution in [0.15, 0.2) is 28.9 Å². The van der Waals surface area contributed by atoms with Crippen molar-refractivity contribution in [2.75, 3.05) is 17.2 Å². The fourth-order valence-electron chi connectivity index (χ4n) is 2.22. The minimum Gasteiger partial charge on any atom is -0.461 e. The maximum absolute atomic E-state index is 13.3. The zero-order valence-corrected chi connectivity index (χ0v) is 15.5. The molecule has 0 radical (unpaired) electrons. The molecule has 3 rings (SSSR count). The summed E-state index contributed by atoms with van der Waals surface area (Å²) in [4.78, 5) is 28.2. The summed E-state index contributed by atoms with van der Waals surface area (Å²) in [6, 6.07) is 2.98. The second-order valence-electron chi connectivity index (χ2n) is 5.44. The van der Waals surface area contributed by atoms with E-state index in [9.17, 15) is 18.4 Å². The first kappa shape index (κ1) is 19.4. The lowest BCUT2D eigenvalue weighted by Gasteiger charge is -2.07. The van der Waals surface area contributed by atoms with Gasteiger partial charge in [0, 0.05) is 11.8 Å². The van der Waals surface area contributed by atoms with Crippen molar-refractivity contribution in [3.63, 3.8) is 0 Å². The van der Waals surface area contributed by atoms with E-state index in [0.717, 1.165) is 29.9 Å². The molecule has 0 saturated heterocycles. The zero-order valence-electron chi connectivity index (χ0n) is 14.7. The van der Waals surface area contributed by atoms with Crippen LogP contribution in [0.25, 0.3) is 0 Å². The maximum Gasteiger partial charge on any atom is 0.360 e. The lowest BCUT2D eigenvalue weighted by Crippen LogP contribution is -2.14. The van der Waals surface area contributed by atoms with Gasteiger partial charge >= 0.3 is 12.0 Å². The molecule has 0 aliphatic carbocycles. The molecule has 0 spiro atoms. The van der Waals surface area contributed by atoms with E-state index in [-0.39, 0.29) is 29.6 Å². The van der Waals surface area contributed by atoms with Gasteiger partial charge in [-0.25, -0.2) is 13.6 Å². The molecule has 28 heavy (non-hydrogen) atoms. The predicted molar refractivity (Wildman–Crippen MR) is 96.9 cm³/mol. The summed E-state index contributed by atoms with van der Waals surface area (Å²) in [6.07, 6.45) is 1.12. The highest BCUT2D eigenvalue weighted by molar-refractivity contribution is 7.10. The molecule has 11 heteroatoms. The number of aryl methyl sites for hydroxylation is 1. The van der Waals surface area contributed by atoms with Gasteiger partial charge in [-0.2, -0.15) is 9.36 Å². The average molecular weight is 408 g/mol. The van der Waals surface area contributed by atoms with Crippen molar-refractivity contribution in [1.82, 2.24) is 9.36 Å². The van der Waals surface area contributed by atoms with Crippen molar-refractivity contribution in [3.05, 3.63) is 53.0 Å². The Labute approximate surface area is 161 Å². The van der Waals surface area contributed by atoms with Crippen molar-refractivity contribution in [2.45, 2.75) is 13.8 Å². The van der Waals surface area contributed by atoms with Crippen molar-refractivity contribution < 1.29 is 27.5 Å². The average Bonchev–Trinajstić information content (AvgIpc) is 3.26. The van der Waals surface area contributed by atoms with Gasteiger partial charge in [0.15, 0.2) is 17.3 Å². The van der Waals surface area contributed by atoms with E-state index in [1.807, 2.05) is 0 Å². The molecule has 8 nitrogen and oxygen atoms in total. The quantitative estimate of drug-likeness (QED) is 0.596. The molecule has 146 valence electrons. The molecule has 2 aromatic heterocycles. The van der Waals surface area contributed by atoms with Crippen molar-refractivity contribution in [2.24, 2.45) is 0 Å². The summed E-state index contributed by atoms with van der Waals surface area (Å²) in [5, 5.41) is 5.55. The molecular formula is C17H14F2N4O4S. The lowest BCUT2D eigenvalue weighted by atomic mass is 10.2. The number of carbonyl (C=O) groups excluding carboxylic acids is 2. The Kier molecular flexibility index (Phi) is 5.64. The van der Waals surface area contributed by atoms with Crippen LogP contribution >= 0.6 is 11.5 Å². The number of ether oxygens (including phenoxy) is 1. The van der Waals surface area contributed by atoms with Gasteiger partial charge in [-0.05, 0) is 37.5 Å². The van der Waals surface area contributed by atoms with Crippen molar-refractivity contribution in [1.29, 1.82) is 0 Å². The van der Waals surface area contributed by atoms with Gasteiger partial charge in [-0.3, -0.25) is 10.1 Å². The number of anilines is 3. The molecule has 0 aliphatic rings. The summed E-state index contributed by atoms with van der Waals surface area (Å²) >= 11 is 0.971. The number of halogens is 2. The topological polar surface area (TPSA) is 106 Å². The highest BCUT2D eigenvalue weighted by Gasteiger charge is 2.21. The number of oxazole rings is 1. The van der Waals surface area contributed by atoms with Gasteiger partial charge in [0.2, 0.25) is 0 Å². The van der Waals surface area contributed by atoms with E-state index in [4.69, 9.17) is 9.15 Å². The van der Waals surface area contributed by atoms with Crippen LogP contribution in [0.3, 0.4) is 0 Å². The first-order chi connectivity index (χ1) is 13.4. The molecule has 0 saturated carbocycles. The summed E-state index contributed by atoms with van der Waals surface area (Å²) < 4.78 is 40.4. The Morgan fingerprint density at radius 3 is 2.79 bits per heavy atom. The standard InChI is InChI=1S/C17H14F2N4O4S/c1-3-26-16(25)12-7-27-17(21-12)22-15-13(8(2)23-28-15)14(24)20-9-4-5-10(18)11(19)6-9/h4-7H,3H2,1-2H3,(H,20,24)(H,21,22). The first-order valence-electron chi connectivity index (χ1n) is 8.01. The molecule has 0 unspecified atom stereocenters. The van der Waals surface area contributed by atoms with Crippen molar-refractivity contribution >= 4 is 40.1 Å². The number of amides is 1. The number of esters is 1. The number of aromatic nitrogens is 2. The Balaban J connectivity index is 1.79. The fraction of sp³-hybridized carbons (Fsp3) is 0.176. The van der Waals surface area contributed by atoms with Gasteiger partial charge in [0.1, 0.15) is 11.3 Å². The number of carbonyl (C=O) groups is 2. The number of benzene rings is 1. The Morgan fingerprint density at radius 1 is 1.29 bits per heavy atom. The highest BCUT2D eigenvalue weighted by Crippen LogP contribution is 2.29. The van der Waals surface area contributed by atoms with Gasteiger partial charge < -0.3 is 14.5 Å². The minimum absolute atomic E-state index is 0.0293. The third kappa shape index (κ3) is 4.14. The van der Waals surface area contributed by atoms with Crippen LogP contribution in [0.4, 0.5) is 25.5 Å². The predicted octanol–water partition coefficient (Wildman–Crippen LogP) is 3.89. The summed E-state index contributed by atoms with van der Waals surface area (Å²) in [5.74, 6) is -3.33. The van der Waals surface area contributed by atoms with E-state index >= 15 is 0 Å². The zero-order chi connectivity index (χ0) is 20.3. The molecule has 0 fully saturated rings. The smallest absolute Gasteiger partial charge is 0.360 e. The molecule has 2 heterocycles. The van der Waals surface area contributed by atoms with E-state index in [2.05, 4.69) is 20.0 Å². The van der Waals surface area contributed by atoms with Crippen LogP contribution in [0, 0.1) is 18.6 Å². The summed E-state index contributed by atoms with van der Waals surface area (Å²) in [7, 11) is 0. The highest BCUT2D eigenvalue weighted by atomic mass is 32.1. The number of nitrogens with zero attached hydrogens (tertiary/aromatic N) is 2. The summed E-state index contributed by atoms with van der Waals surface area (Å²) in [6.45, 7) is 3.47. The third-order valence-corrected chi connectivity index (χ3v) is 4.33. The maximum atomic E-state index is 13.3. The molecule has 1 aromatic carbocycles. The van der Waals surface area contributed by atoms with Crippen LogP contribution in [0.1, 0.15) is 33.5 Å². The molecule has 2 N–H and O–H groups in total. The summed E-state index contributed by atoms with van der Waals surface area (Å²) in [5.41, 5.74) is 0.634. The number of hydrogen-bond donors (Lipinski definition) is 2. The third-order valence-electron chi connectivity index (χ3n) is 3.48. The Bertz CT molecular complexity index is 1030. The normalized spacial score (nSPS) is 10.6. The van der Waals surface area contributed by atoms with Crippen molar-refractivity contribution in [3.8, 4) is 0 Å². The van der Waals surface area contributed by atoms with Gasteiger partial charge in [0.25, 0.3) is 5.91 Å². The van der Waals surface area contributed by atoms with Crippen LogP contribution in [-0.2, 0) is 4.74 Å². The van der Waals surface area contributed by atoms with E-state index in [0.29, 0.717) is 10.7 Å². The molecule has 0 atom stereocenters. The van der Waals surface area contributed by atoms with E-state index in [1.54, 1.807) is 13.8 Å². The van der Waals surface area contributed by atoms with E-state index in [1.165, 1.54) is 6.07 Å². The Morgan fingerprint density at radius 2 is 2.07 bits per heavy atom. The van der Waals surface area contributed by atoms with Gasteiger partial charge in [-0.1, -0.05) is 0 Å². The van der Waals surface area contributed by atoms with Crippen LogP contribution in [0.5, 0.6) is 0 Å². The SMILES string of the molecule is CCOC(=O)c1coc(Nc2snc(C)c2C(=O)Nc2ccc(F)c(F)c2)n1. The monoisotopic (exact) mass is 408 g/mol.